The number of nitrogens with two attached hydrogens (primary N) is 1. The lowest BCUT2D eigenvalue weighted by molar-refractivity contribution is -0.128. The fourth-order valence-electron chi connectivity index (χ4n) is 5.47. The molecule has 0 aromatic heterocycles. The number of fused-ring (bicyclic) bond motifs is 1. The van der Waals surface area contributed by atoms with Gasteiger partial charge in [-0.05, 0) is 60.6 Å². The van der Waals surface area contributed by atoms with Crippen LogP contribution in [0, 0.1) is 19.3 Å². The first-order valence-corrected chi connectivity index (χ1v) is 11.8. The number of benzene rings is 2. The van der Waals surface area contributed by atoms with Crippen molar-refractivity contribution in [2.45, 2.75) is 46.1 Å². The minimum atomic E-state index is -1.17. The number of aryl methyl sites for hydroxylation is 2. The Kier molecular flexibility index (Phi) is 6.03. The maximum atomic E-state index is 13.6. The van der Waals surface area contributed by atoms with Crippen LogP contribution >= 0.6 is 11.6 Å². The van der Waals surface area contributed by atoms with Crippen LogP contribution in [0.5, 0.6) is 5.75 Å². The molecule has 172 valence electrons. The monoisotopic (exact) mass is 455 g/mol. The zero-order valence-electron chi connectivity index (χ0n) is 19.5. The van der Waals surface area contributed by atoms with Crippen molar-refractivity contribution in [3.05, 3.63) is 57.6 Å². The molecule has 1 aliphatic heterocycles. The number of rotatable bonds is 5. The fraction of sp³-hybridized carbons (Fsp3) is 0.500. The van der Waals surface area contributed by atoms with Gasteiger partial charge in [-0.2, -0.15) is 0 Å². The summed E-state index contributed by atoms with van der Waals surface area (Å²) in [5, 5.41) is 11.6. The van der Waals surface area contributed by atoms with Gasteiger partial charge < -0.3 is 15.7 Å². The largest absolute Gasteiger partial charge is 0.507 e. The van der Waals surface area contributed by atoms with Gasteiger partial charge in [0.2, 0.25) is 0 Å². The number of halogens is 1. The number of phenols is 1. The number of carbonyl (C=O) groups is 1. The van der Waals surface area contributed by atoms with E-state index in [9.17, 15) is 9.90 Å². The van der Waals surface area contributed by atoms with Crippen molar-refractivity contribution < 1.29 is 9.90 Å². The molecule has 0 bridgehead atoms. The molecule has 0 amide bonds. The van der Waals surface area contributed by atoms with Crippen LogP contribution in [0.15, 0.2) is 30.3 Å². The highest BCUT2D eigenvalue weighted by molar-refractivity contribution is 6.30. The van der Waals surface area contributed by atoms with E-state index in [0.717, 1.165) is 53.6 Å². The van der Waals surface area contributed by atoms with Gasteiger partial charge in [0.15, 0.2) is 5.78 Å². The van der Waals surface area contributed by atoms with E-state index in [1.165, 1.54) is 0 Å². The average molecular weight is 456 g/mol. The maximum absolute atomic E-state index is 13.6. The van der Waals surface area contributed by atoms with Crippen LogP contribution in [-0.4, -0.2) is 48.5 Å². The van der Waals surface area contributed by atoms with Gasteiger partial charge >= 0.3 is 0 Å². The summed E-state index contributed by atoms with van der Waals surface area (Å²) in [5.41, 5.74) is 9.98. The zero-order chi connectivity index (χ0) is 23.3. The SMILES string of the molecule is Cc1cc(C)c2c(c1O)C(N)(C(=O)CCN1CCN(c3cccc(Cl)c3)CC1)C(C)(C)C2. The lowest BCUT2D eigenvalue weighted by atomic mass is 9.69. The van der Waals surface area contributed by atoms with Crippen molar-refractivity contribution >= 4 is 23.1 Å². The second-order valence-corrected chi connectivity index (χ2v) is 10.5. The molecule has 3 N–H and O–H groups in total. The molecule has 32 heavy (non-hydrogen) atoms. The van der Waals surface area contributed by atoms with Crippen LogP contribution in [0.25, 0.3) is 0 Å². The molecule has 1 unspecified atom stereocenters. The van der Waals surface area contributed by atoms with Crippen LogP contribution in [-0.2, 0) is 16.8 Å². The highest BCUT2D eigenvalue weighted by Crippen LogP contribution is 2.54. The topological polar surface area (TPSA) is 69.8 Å². The highest BCUT2D eigenvalue weighted by Gasteiger charge is 2.56. The molecule has 1 atom stereocenters. The van der Waals surface area contributed by atoms with E-state index in [1.54, 1.807) is 0 Å². The first kappa shape index (κ1) is 23.1. The highest BCUT2D eigenvalue weighted by atomic mass is 35.5. The van der Waals surface area contributed by atoms with Crippen molar-refractivity contribution in [1.82, 2.24) is 4.90 Å². The molecular weight excluding hydrogens is 422 g/mol. The van der Waals surface area contributed by atoms with E-state index in [0.29, 0.717) is 24.9 Å². The van der Waals surface area contributed by atoms with Crippen LogP contribution in [0.4, 0.5) is 5.69 Å². The Morgan fingerprint density at radius 2 is 1.81 bits per heavy atom. The molecule has 2 aromatic carbocycles. The standard InChI is InChI=1S/C26H34ClN3O2/c1-17-14-18(2)24(32)23-21(17)16-25(3,4)26(23,28)22(31)8-9-29-10-12-30(13-11-29)20-7-5-6-19(27)15-20/h5-7,14-15,32H,8-13,16,28H2,1-4H3. The first-order chi connectivity index (χ1) is 15.0. The van der Waals surface area contributed by atoms with Gasteiger partial charge in [-0.25, -0.2) is 0 Å². The minimum absolute atomic E-state index is 0.0128. The molecule has 1 heterocycles. The van der Waals surface area contributed by atoms with Crippen LogP contribution < -0.4 is 10.6 Å². The molecule has 1 saturated heterocycles. The number of piperazine rings is 1. The third-order valence-electron chi connectivity index (χ3n) is 7.54. The van der Waals surface area contributed by atoms with E-state index in [-0.39, 0.29) is 11.5 Å². The summed E-state index contributed by atoms with van der Waals surface area (Å²) < 4.78 is 0. The number of phenolic OH excluding ortho intramolecular Hbond substituents is 1. The van der Waals surface area contributed by atoms with Gasteiger partial charge in [0.05, 0.1) is 0 Å². The van der Waals surface area contributed by atoms with E-state index >= 15 is 0 Å². The average Bonchev–Trinajstić information content (AvgIpc) is 2.98. The Morgan fingerprint density at radius 3 is 2.47 bits per heavy atom. The molecule has 0 saturated carbocycles. The quantitative estimate of drug-likeness (QED) is 0.707. The maximum Gasteiger partial charge on any atom is 0.159 e. The normalized spacial score (nSPS) is 22.8. The molecule has 2 aromatic rings. The molecule has 4 rings (SSSR count). The third-order valence-corrected chi connectivity index (χ3v) is 7.78. The van der Waals surface area contributed by atoms with Gasteiger partial charge in [-0.15, -0.1) is 0 Å². The molecule has 5 nitrogen and oxygen atoms in total. The van der Waals surface area contributed by atoms with E-state index in [1.807, 2.05) is 52.0 Å². The zero-order valence-corrected chi connectivity index (χ0v) is 20.3. The smallest absolute Gasteiger partial charge is 0.159 e. The molecule has 2 aliphatic rings. The lowest BCUT2D eigenvalue weighted by Gasteiger charge is -2.39. The third kappa shape index (κ3) is 3.81. The number of Topliss-reactive ketones (excluding diaryl/α,β-unsaturated/α-hetero) is 1. The summed E-state index contributed by atoms with van der Waals surface area (Å²) in [4.78, 5) is 18.3. The van der Waals surface area contributed by atoms with Gasteiger partial charge in [0, 0.05) is 55.4 Å². The molecular formula is C26H34ClN3O2. The summed E-state index contributed by atoms with van der Waals surface area (Å²) in [6.07, 6.45) is 1.07. The second-order valence-electron chi connectivity index (χ2n) is 10.1. The Hall–Kier alpha value is -2.08. The van der Waals surface area contributed by atoms with Crippen molar-refractivity contribution in [3.63, 3.8) is 0 Å². The van der Waals surface area contributed by atoms with Crippen molar-refractivity contribution in [1.29, 1.82) is 0 Å². The summed E-state index contributed by atoms with van der Waals surface area (Å²) in [6, 6.07) is 9.93. The van der Waals surface area contributed by atoms with Crippen LogP contribution in [0.2, 0.25) is 5.02 Å². The predicted octanol–water partition coefficient (Wildman–Crippen LogP) is 4.18. The number of hydrogen-bond donors (Lipinski definition) is 2. The van der Waals surface area contributed by atoms with Crippen molar-refractivity contribution in [2.24, 2.45) is 11.1 Å². The fourth-order valence-corrected chi connectivity index (χ4v) is 5.65. The molecule has 1 fully saturated rings. The van der Waals surface area contributed by atoms with E-state index in [2.05, 4.69) is 15.9 Å². The molecule has 6 heteroatoms. The Balaban J connectivity index is 1.45. The van der Waals surface area contributed by atoms with Crippen molar-refractivity contribution in [3.8, 4) is 5.75 Å². The van der Waals surface area contributed by atoms with Crippen LogP contribution in [0.1, 0.15) is 42.5 Å². The number of nitrogens with zero attached hydrogens (tertiary/aromatic N) is 2. The number of anilines is 1. The number of aromatic hydroxyl groups is 1. The Bertz CT molecular complexity index is 1040. The summed E-state index contributed by atoms with van der Waals surface area (Å²) >= 11 is 6.14. The van der Waals surface area contributed by atoms with Gasteiger partial charge in [-0.1, -0.05) is 37.6 Å². The van der Waals surface area contributed by atoms with Crippen LogP contribution in [0.3, 0.4) is 0 Å². The molecule has 0 spiro atoms. The van der Waals surface area contributed by atoms with Gasteiger partial charge in [0.1, 0.15) is 11.3 Å². The molecule has 1 aliphatic carbocycles. The number of hydrogen-bond acceptors (Lipinski definition) is 5. The van der Waals surface area contributed by atoms with E-state index < -0.39 is 11.0 Å². The number of carbonyl (C=O) groups excluding carboxylic acids is 1. The summed E-state index contributed by atoms with van der Waals surface area (Å²) in [5.74, 6) is 0.195. The Labute approximate surface area is 196 Å². The summed E-state index contributed by atoms with van der Waals surface area (Å²) in [7, 11) is 0. The predicted molar refractivity (Wildman–Crippen MR) is 131 cm³/mol. The molecule has 0 radical (unpaired) electrons. The van der Waals surface area contributed by atoms with E-state index in [4.69, 9.17) is 17.3 Å². The second kappa shape index (κ2) is 8.36. The van der Waals surface area contributed by atoms with Crippen molar-refractivity contribution in [2.75, 3.05) is 37.6 Å². The van der Waals surface area contributed by atoms with Gasteiger partial charge in [0.25, 0.3) is 0 Å². The number of ketones is 1. The minimum Gasteiger partial charge on any atom is -0.507 e. The van der Waals surface area contributed by atoms with Gasteiger partial charge in [-0.3, -0.25) is 9.69 Å². The lowest BCUT2D eigenvalue weighted by Crippen LogP contribution is -2.54. The summed E-state index contributed by atoms with van der Waals surface area (Å²) in [6.45, 7) is 12.3. The first-order valence-electron chi connectivity index (χ1n) is 11.4. The Morgan fingerprint density at radius 1 is 1.12 bits per heavy atom.